The van der Waals surface area contributed by atoms with Crippen molar-refractivity contribution in [1.82, 2.24) is 9.88 Å². The van der Waals surface area contributed by atoms with Gasteiger partial charge in [0, 0.05) is 31.1 Å². The van der Waals surface area contributed by atoms with Crippen LogP contribution in [0.3, 0.4) is 0 Å². The molecule has 1 saturated heterocycles. The van der Waals surface area contributed by atoms with Crippen molar-refractivity contribution >= 4 is 42.6 Å². The van der Waals surface area contributed by atoms with Gasteiger partial charge >= 0.3 is 6.03 Å². The molecule has 2 atom stereocenters. The largest absolute Gasteiger partial charge is 0.332 e. The Hall–Kier alpha value is -3.00. The number of allylic oxidation sites excluding steroid dienone is 5. The number of carbonyl (C=O) groups excluding carboxylic acids is 4. The summed E-state index contributed by atoms with van der Waals surface area (Å²) in [7, 11) is 0. The number of hydrogen-bond acceptors (Lipinski definition) is 6. The fourth-order valence-electron chi connectivity index (χ4n) is 5.77. The lowest BCUT2D eigenvalue weighted by atomic mass is 9.72. The van der Waals surface area contributed by atoms with Crippen molar-refractivity contribution in [1.29, 1.82) is 0 Å². The number of carbonyl (C=O) groups is 4. The van der Waals surface area contributed by atoms with E-state index in [9.17, 15) is 14.4 Å². The predicted molar refractivity (Wildman–Crippen MR) is 176 cm³/mol. The third kappa shape index (κ3) is 10.4. The lowest BCUT2D eigenvalue weighted by molar-refractivity contribution is -0.128. The highest BCUT2D eigenvalue weighted by atomic mass is 32.2. The molecule has 2 heterocycles. The zero-order valence-corrected chi connectivity index (χ0v) is 27.3. The Balaban J connectivity index is 0.00000211. The van der Waals surface area contributed by atoms with Crippen molar-refractivity contribution < 1.29 is 19.2 Å². The maximum Gasteiger partial charge on any atom is 0.332 e. The lowest BCUT2D eigenvalue weighted by Crippen LogP contribution is -2.55. The van der Waals surface area contributed by atoms with Crippen molar-refractivity contribution in [3.8, 4) is 0 Å². The maximum absolute atomic E-state index is 14.1. The highest BCUT2D eigenvalue weighted by Gasteiger charge is 2.39. The van der Waals surface area contributed by atoms with Crippen molar-refractivity contribution in [3.05, 3.63) is 60.3 Å². The summed E-state index contributed by atoms with van der Waals surface area (Å²) >= 11 is 1.90. The second-order valence-corrected chi connectivity index (χ2v) is 11.9. The first-order valence-electron chi connectivity index (χ1n) is 15.1. The van der Waals surface area contributed by atoms with Gasteiger partial charge in [-0.15, -0.1) is 0 Å². The minimum absolute atomic E-state index is 0.0299. The number of aryl methyl sites for hydroxylation is 1. The molecule has 42 heavy (non-hydrogen) atoms. The molecular weight excluding hydrogens is 546 g/mol. The van der Waals surface area contributed by atoms with Crippen LogP contribution in [-0.2, 0) is 14.4 Å². The Kier molecular flexibility index (Phi) is 17.6. The summed E-state index contributed by atoms with van der Waals surface area (Å²) in [4.78, 5) is 55.0. The van der Waals surface area contributed by atoms with Gasteiger partial charge in [0.05, 0.1) is 0 Å². The van der Waals surface area contributed by atoms with E-state index in [4.69, 9.17) is 4.79 Å². The number of thioether (sulfide) groups is 1. The van der Waals surface area contributed by atoms with Gasteiger partial charge < -0.3 is 9.59 Å². The van der Waals surface area contributed by atoms with Gasteiger partial charge in [0.1, 0.15) is 18.9 Å². The van der Waals surface area contributed by atoms with Crippen molar-refractivity contribution in [2.24, 2.45) is 17.8 Å². The van der Waals surface area contributed by atoms with E-state index < -0.39 is 0 Å². The van der Waals surface area contributed by atoms with Crippen molar-refractivity contribution in [2.75, 3.05) is 16.4 Å². The number of urea groups is 1. The minimum Gasteiger partial charge on any atom is -0.307 e. The Bertz CT molecular complexity index is 1040. The summed E-state index contributed by atoms with van der Waals surface area (Å²) in [5.41, 5.74) is 2.19. The zero-order valence-electron chi connectivity index (χ0n) is 26.5. The normalized spacial score (nSPS) is 20.6. The Morgan fingerprint density at radius 1 is 1.00 bits per heavy atom. The van der Waals surface area contributed by atoms with E-state index in [1.165, 1.54) is 11.8 Å². The van der Waals surface area contributed by atoms with Crippen LogP contribution >= 0.6 is 11.8 Å². The summed E-state index contributed by atoms with van der Waals surface area (Å²) < 4.78 is 0. The van der Waals surface area contributed by atoms with Gasteiger partial charge in [0.15, 0.2) is 0 Å². The van der Waals surface area contributed by atoms with E-state index >= 15 is 0 Å². The van der Waals surface area contributed by atoms with E-state index in [1.807, 2.05) is 69.7 Å². The monoisotopic (exact) mass is 597 g/mol. The Labute approximate surface area is 257 Å². The molecule has 0 spiro atoms. The summed E-state index contributed by atoms with van der Waals surface area (Å²) in [5.74, 6) is 2.65. The van der Waals surface area contributed by atoms with Crippen LogP contribution in [0.1, 0.15) is 78.7 Å². The topological polar surface area (TPSA) is 87.7 Å². The summed E-state index contributed by atoms with van der Waals surface area (Å²) in [6, 6.07) is 3.45. The Morgan fingerprint density at radius 2 is 1.62 bits per heavy atom. The third-order valence-corrected chi connectivity index (χ3v) is 9.21. The van der Waals surface area contributed by atoms with Gasteiger partial charge in [0.25, 0.3) is 0 Å². The van der Waals surface area contributed by atoms with Crippen molar-refractivity contribution in [3.63, 3.8) is 0 Å². The molecule has 0 radical (unpaired) electrons. The molecule has 0 N–H and O–H groups in total. The van der Waals surface area contributed by atoms with E-state index in [2.05, 4.69) is 25.4 Å². The molecule has 3 amide bonds. The number of aromatic nitrogens is 1. The second-order valence-electron chi connectivity index (χ2n) is 10.7. The number of amides is 3. The first kappa shape index (κ1) is 37.0. The fourth-order valence-corrected chi connectivity index (χ4v) is 6.86. The Morgan fingerprint density at radius 3 is 2.12 bits per heavy atom. The third-order valence-electron chi connectivity index (χ3n) is 8.16. The van der Waals surface area contributed by atoms with Crippen LogP contribution in [0.25, 0.3) is 0 Å². The number of anilines is 1. The smallest absolute Gasteiger partial charge is 0.307 e. The SMILES string of the molecule is C=C/C=C\C=C(\C)C(C)C(C=O)C1CCC(N(C(C)=O)C(=O)N(c2ccc(C)cn2)C2CCSCC2)CC1.C=O.CC. The highest BCUT2D eigenvalue weighted by Crippen LogP contribution is 2.38. The highest BCUT2D eigenvalue weighted by molar-refractivity contribution is 7.99. The molecule has 3 rings (SSSR count). The van der Waals surface area contributed by atoms with Gasteiger partial charge in [-0.05, 0) is 87.3 Å². The standard InChI is InChI=1S/C31H43N3O3S.C2H6.CH2O/c1-6-7-8-9-23(3)24(4)29(21-35)26-11-13-27(14-12-26)33(25(5)36)31(37)34(28-16-18-38-19-17-28)30-15-10-22(2)20-32-30;2*1-2/h6-10,15,20-21,24,26-29H,1,11-14,16-19H2,2-5H3;1-2H3;1H2/b8-7-,23-9-;;. The summed E-state index contributed by atoms with van der Waals surface area (Å²) in [5, 5.41) is 0. The van der Waals surface area contributed by atoms with Crippen LogP contribution < -0.4 is 4.90 Å². The number of rotatable bonds is 9. The molecule has 2 aliphatic rings. The molecule has 0 aromatic carbocycles. The first-order chi connectivity index (χ1) is 20.3. The molecule has 1 aromatic rings. The number of nitrogens with zero attached hydrogens (tertiary/aromatic N) is 3. The van der Waals surface area contributed by atoms with Gasteiger partial charge in [-0.3, -0.25) is 14.6 Å². The minimum atomic E-state index is -0.262. The molecule has 2 fully saturated rings. The van der Waals surface area contributed by atoms with Crippen LogP contribution in [-0.4, -0.2) is 58.5 Å². The van der Waals surface area contributed by atoms with E-state index in [1.54, 1.807) is 17.2 Å². The quantitative estimate of drug-likeness (QED) is 0.215. The average Bonchev–Trinajstić information content (AvgIpc) is 3.02. The lowest BCUT2D eigenvalue weighted by Gasteiger charge is -2.41. The number of imide groups is 1. The molecular formula is C34H51N3O4S. The molecule has 7 nitrogen and oxygen atoms in total. The maximum atomic E-state index is 14.1. The van der Waals surface area contributed by atoms with Gasteiger partial charge in [-0.1, -0.05) is 63.3 Å². The molecule has 2 unspecified atom stereocenters. The molecule has 232 valence electrons. The number of pyridine rings is 1. The predicted octanol–water partition coefficient (Wildman–Crippen LogP) is 7.60. The molecule has 1 aromatic heterocycles. The van der Waals surface area contributed by atoms with Crippen LogP contribution in [0.15, 0.2) is 54.8 Å². The average molecular weight is 598 g/mol. The summed E-state index contributed by atoms with van der Waals surface area (Å²) in [6.45, 7) is 17.3. The van der Waals surface area contributed by atoms with Crippen LogP contribution in [0, 0.1) is 24.7 Å². The van der Waals surface area contributed by atoms with Gasteiger partial charge in [-0.2, -0.15) is 11.8 Å². The number of aldehydes is 1. The molecule has 1 aliphatic heterocycles. The fraction of sp³-hybridized carbons (Fsp3) is 0.559. The van der Waals surface area contributed by atoms with Crippen LogP contribution in [0.4, 0.5) is 10.6 Å². The first-order valence-corrected chi connectivity index (χ1v) is 16.3. The molecule has 8 heteroatoms. The number of hydrogen-bond donors (Lipinski definition) is 0. The van der Waals surface area contributed by atoms with Crippen LogP contribution in [0.2, 0.25) is 0 Å². The summed E-state index contributed by atoms with van der Waals surface area (Å²) in [6.07, 6.45) is 15.3. The van der Waals surface area contributed by atoms with Crippen molar-refractivity contribution in [2.45, 2.75) is 92.2 Å². The van der Waals surface area contributed by atoms with Crippen LogP contribution in [0.5, 0.6) is 0 Å². The molecule has 1 saturated carbocycles. The van der Waals surface area contributed by atoms with E-state index in [0.717, 1.165) is 54.6 Å². The molecule has 1 aliphatic carbocycles. The molecule has 0 bridgehead atoms. The zero-order chi connectivity index (χ0) is 31.7. The second kappa shape index (κ2) is 20.0. The van der Waals surface area contributed by atoms with E-state index in [0.29, 0.717) is 18.7 Å². The van der Waals surface area contributed by atoms with Gasteiger partial charge in [-0.25, -0.2) is 9.78 Å². The van der Waals surface area contributed by atoms with E-state index in [-0.39, 0.29) is 41.8 Å². The van der Waals surface area contributed by atoms with Gasteiger partial charge in [0.2, 0.25) is 5.91 Å².